The second kappa shape index (κ2) is 7.12. The van der Waals surface area contributed by atoms with E-state index in [1.807, 2.05) is 62.6 Å². The molecule has 0 amide bonds. The predicted octanol–water partition coefficient (Wildman–Crippen LogP) is 4.42. The Morgan fingerprint density at radius 2 is 1.90 bits per heavy atom. The van der Waals surface area contributed by atoms with Crippen LogP contribution in [0.4, 0.5) is 0 Å². The maximum Gasteiger partial charge on any atom is 0.235 e. The lowest BCUT2D eigenvalue weighted by molar-refractivity contribution is 0.174. The van der Waals surface area contributed by atoms with Gasteiger partial charge in [0, 0.05) is 25.0 Å². The molecule has 1 atom stereocenters. The second-order valence-electron chi connectivity index (χ2n) is 7.39. The number of fused-ring (bicyclic) bond motifs is 4. The van der Waals surface area contributed by atoms with Crippen molar-refractivity contribution in [2.24, 2.45) is 4.99 Å². The Kier molecular flexibility index (Phi) is 4.29. The minimum Gasteiger partial charge on any atom is -0.454 e. The van der Waals surface area contributed by atoms with E-state index in [0.29, 0.717) is 23.0 Å². The van der Waals surface area contributed by atoms with Crippen LogP contribution in [-0.4, -0.2) is 32.1 Å². The molecule has 0 radical (unpaired) electrons. The molecule has 3 aromatic carbocycles. The molecule has 0 bridgehead atoms. The van der Waals surface area contributed by atoms with E-state index < -0.39 is 0 Å². The van der Waals surface area contributed by atoms with Crippen molar-refractivity contribution in [3.05, 3.63) is 77.2 Å². The largest absolute Gasteiger partial charge is 0.454 e. The molecule has 6 heteroatoms. The fraction of sp³-hybridized carbons (Fsp3) is 0.167. The monoisotopic (exact) mass is 397 g/mol. The Bertz CT molecular complexity index is 1250. The van der Waals surface area contributed by atoms with Gasteiger partial charge in [-0.3, -0.25) is 0 Å². The van der Waals surface area contributed by atoms with E-state index in [9.17, 15) is 5.26 Å². The summed E-state index contributed by atoms with van der Waals surface area (Å²) in [6.45, 7) is 0.202. The van der Waals surface area contributed by atoms with Crippen LogP contribution < -0.4 is 14.2 Å². The fourth-order valence-electron chi connectivity index (χ4n) is 3.85. The summed E-state index contributed by atoms with van der Waals surface area (Å²) in [5.41, 5.74) is 2.30. The number of allylic oxidation sites excluding steroid dienone is 1. The molecule has 5 rings (SSSR count). The molecule has 0 aromatic heterocycles. The first-order valence-electron chi connectivity index (χ1n) is 9.59. The van der Waals surface area contributed by atoms with Gasteiger partial charge in [0.05, 0.1) is 12.3 Å². The number of ether oxygens (including phenoxy) is 3. The van der Waals surface area contributed by atoms with E-state index in [1.165, 1.54) is 0 Å². The van der Waals surface area contributed by atoms with Crippen molar-refractivity contribution in [2.45, 2.75) is 5.92 Å². The van der Waals surface area contributed by atoms with Crippen LogP contribution in [0.5, 0.6) is 17.2 Å². The van der Waals surface area contributed by atoms with Gasteiger partial charge in [-0.05, 0) is 23.1 Å². The number of nitriles is 1. The lowest BCUT2D eigenvalue weighted by Gasteiger charge is -2.27. The van der Waals surface area contributed by atoms with E-state index in [1.54, 1.807) is 11.2 Å². The number of hydrogen-bond acceptors (Lipinski definition) is 5. The smallest absolute Gasteiger partial charge is 0.235 e. The molecule has 0 fully saturated rings. The summed E-state index contributed by atoms with van der Waals surface area (Å²) < 4.78 is 17.2. The lowest BCUT2D eigenvalue weighted by atomic mass is 9.82. The number of benzene rings is 3. The van der Waals surface area contributed by atoms with Crippen molar-refractivity contribution < 1.29 is 14.2 Å². The third-order valence-electron chi connectivity index (χ3n) is 5.20. The number of nitrogens with zero attached hydrogens (tertiary/aromatic N) is 3. The first-order valence-corrected chi connectivity index (χ1v) is 9.59. The van der Waals surface area contributed by atoms with Crippen LogP contribution in [-0.2, 0) is 0 Å². The van der Waals surface area contributed by atoms with Gasteiger partial charge in [0.15, 0.2) is 11.5 Å². The van der Waals surface area contributed by atoms with Crippen LogP contribution in [0, 0.1) is 11.3 Å². The summed E-state index contributed by atoms with van der Waals surface area (Å²) in [6, 6.07) is 20.2. The van der Waals surface area contributed by atoms with Gasteiger partial charge in [0.25, 0.3) is 0 Å². The molecule has 0 saturated carbocycles. The summed E-state index contributed by atoms with van der Waals surface area (Å²) in [7, 11) is 3.75. The van der Waals surface area contributed by atoms with E-state index in [4.69, 9.17) is 14.2 Å². The molecule has 0 aliphatic carbocycles. The average Bonchev–Trinajstić information content (AvgIpc) is 3.24. The van der Waals surface area contributed by atoms with Crippen molar-refractivity contribution >= 4 is 17.1 Å². The highest BCUT2D eigenvalue weighted by Gasteiger charge is 2.33. The Balaban J connectivity index is 1.75. The first kappa shape index (κ1) is 18.1. The van der Waals surface area contributed by atoms with Crippen LogP contribution in [0.25, 0.3) is 10.8 Å². The maximum absolute atomic E-state index is 10.1. The quantitative estimate of drug-likeness (QED) is 0.484. The van der Waals surface area contributed by atoms with Gasteiger partial charge < -0.3 is 19.1 Å². The van der Waals surface area contributed by atoms with Gasteiger partial charge in [-0.1, -0.05) is 42.5 Å². The highest BCUT2D eigenvalue weighted by Crippen LogP contribution is 2.48. The van der Waals surface area contributed by atoms with Gasteiger partial charge in [0.1, 0.15) is 17.4 Å². The van der Waals surface area contributed by atoms with Gasteiger partial charge in [-0.25, -0.2) is 4.99 Å². The Hall–Kier alpha value is -3.98. The molecule has 0 N–H and O–H groups in total. The number of rotatable bonds is 3. The highest BCUT2D eigenvalue weighted by molar-refractivity contribution is 5.91. The highest BCUT2D eigenvalue weighted by atomic mass is 16.7. The minimum absolute atomic E-state index is 0.202. The molecular weight excluding hydrogens is 378 g/mol. The molecule has 2 heterocycles. The van der Waals surface area contributed by atoms with Crippen molar-refractivity contribution in [1.29, 1.82) is 5.26 Å². The van der Waals surface area contributed by atoms with E-state index in [-0.39, 0.29) is 12.7 Å². The lowest BCUT2D eigenvalue weighted by Crippen LogP contribution is -2.17. The van der Waals surface area contributed by atoms with Crippen molar-refractivity contribution in [3.8, 4) is 23.3 Å². The number of hydrogen-bond donors (Lipinski definition) is 0. The number of aliphatic imine (C=N–C) groups is 1. The molecule has 148 valence electrons. The molecule has 0 saturated heterocycles. The van der Waals surface area contributed by atoms with Gasteiger partial charge in [-0.15, -0.1) is 0 Å². The van der Waals surface area contributed by atoms with Gasteiger partial charge in [0.2, 0.25) is 12.7 Å². The van der Waals surface area contributed by atoms with Crippen LogP contribution in [0.1, 0.15) is 17.0 Å². The second-order valence-corrected chi connectivity index (χ2v) is 7.39. The van der Waals surface area contributed by atoms with Crippen LogP contribution in [0.2, 0.25) is 0 Å². The molecule has 2 aliphatic heterocycles. The summed E-state index contributed by atoms with van der Waals surface area (Å²) in [5.74, 6) is 2.08. The Morgan fingerprint density at radius 1 is 1.07 bits per heavy atom. The summed E-state index contributed by atoms with van der Waals surface area (Å²) in [4.78, 5) is 6.27. The van der Waals surface area contributed by atoms with Crippen molar-refractivity contribution in [3.63, 3.8) is 0 Å². The molecular formula is C24H19N3O3. The molecule has 2 aliphatic rings. The van der Waals surface area contributed by atoms with Crippen LogP contribution in [0.15, 0.2) is 71.0 Å². The molecule has 6 nitrogen and oxygen atoms in total. The SMILES string of the molecule is CN(C)/C=N/C1=C(C#N)C(c2ccc3c(c2)OCO3)c2ccc3ccccc3c2O1. The fourth-order valence-corrected chi connectivity index (χ4v) is 3.85. The zero-order chi connectivity index (χ0) is 20.7. The normalized spacial score (nSPS) is 17.0. The van der Waals surface area contributed by atoms with Crippen LogP contribution in [0.3, 0.4) is 0 Å². The van der Waals surface area contributed by atoms with E-state index >= 15 is 0 Å². The third-order valence-corrected chi connectivity index (χ3v) is 5.20. The Labute approximate surface area is 174 Å². The molecule has 0 spiro atoms. The zero-order valence-corrected chi connectivity index (χ0v) is 16.6. The summed E-state index contributed by atoms with van der Waals surface area (Å²) in [5, 5.41) is 12.1. The molecule has 1 unspecified atom stereocenters. The first-order chi connectivity index (χ1) is 14.7. The zero-order valence-electron chi connectivity index (χ0n) is 16.6. The van der Waals surface area contributed by atoms with Crippen LogP contribution >= 0.6 is 0 Å². The summed E-state index contributed by atoms with van der Waals surface area (Å²) in [6.07, 6.45) is 1.64. The van der Waals surface area contributed by atoms with Crippen molar-refractivity contribution in [2.75, 3.05) is 20.9 Å². The molecule has 30 heavy (non-hydrogen) atoms. The van der Waals surface area contributed by atoms with Crippen molar-refractivity contribution in [1.82, 2.24) is 4.90 Å². The standard InChI is InChI=1S/C24H19N3O3/c1-27(2)13-26-24-19(12-25)22(16-8-10-20-21(11-16)29-14-28-20)18-9-7-15-5-3-4-6-17(15)23(18)30-24/h3-11,13,22H,14H2,1-2H3/b26-13+. The predicted molar refractivity (Wildman–Crippen MR) is 114 cm³/mol. The summed E-state index contributed by atoms with van der Waals surface area (Å²) >= 11 is 0. The average molecular weight is 397 g/mol. The Morgan fingerprint density at radius 3 is 2.73 bits per heavy atom. The van der Waals surface area contributed by atoms with E-state index in [0.717, 1.165) is 27.6 Å². The van der Waals surface area contributed by atoms with Gasteiger partial charge in [-0.2, -0.15) is 5.26 Å². The minimum atomic E-state index is -0.327. The third kappa shape index (κ3) is 2.92. The maximum atomic E-state index is 10.1. The van der Waals surface area contributed by atoms with E-state index in [2.05, 4.69) is 17.1 Å². The molecule has 3 aromatic rings. The van der Waals surface area contributed by atoms with Gasteiger partial charge >= 0.3 is 0 Å². The topological polar surface area (TPSA) is 67.1 Å².